The molecule has 0 saturated carbocycles. The first-order chi connectivity index (χ1) is 14.4. The van der Waals surface area contributed by atoms with Gasteiger partial charge in [0.15, 0.2) is 11.5 Å². The number of rotatable bonds is 6. The fraction of sp³-hybridized carbons (Fsp3) is 0.0556. The number of hydrogen-bond acceptors (Lipinski definition) is 8. The average Bonchev–Trinajstić information content (AvgIpc) is 3.16. The number of nitrogens with zero attached hydrogens (tertiary/aromatic N) is 5. The quantitative estimate of drug-likeness (QED) is 0.319. The number of primary amides is 1. The van der Waals surface area contributed by atoms with Crippen LogP contribution in [0.1, 0.15) is 15.9 Å². The molecule has 30 heavy (non-hydrogen) atoms. The number of halogens is 1. The Bertz CT molecular complexity index is 1250. The fourth-order valence-corrected chi connectivity index (χ4v) is 2.92. The second-order valence-corrected chi connectivity index (χ2v) is 6.36. The third-order valence-corrected chi connectivity index (χ3v) is 4.34. The van der Waals surface area contributed by atoms with E-state index in [4.69, 9.17) is 5.73 Å². The largest absolute Gasteiger partial charge is 0.493 e. The highest BCUT2D eigenvalue weighted by Crippen LogP contribution is 2.18. The van der Waals surface area contributed by atoms with Crippen LogP contribution in [-0.2, 0) is 6.54 Å². The summed E-state index contributed by atoms with van der Waals surface area (Å²) in [6.45, 7) is 0.181. The topological polar surface area (TPSA) is 152 Å². The van der Waals surface area contributed by atoms with Crippen molar-refractivity contribution in [1.29, 1.82) is 0 Å². The van der Waals surface area contributed by atoms with E-state index in [9.17, 15) is 19.2 Å². The Labute approximate surface area is 169 Å². The molecule has 0 fully saturated rings. The molecule has 150 valence electrons. The number of pyridine rings is 1. The summed E-state index contributed by atoms with van der Waals surface area (Å²) < 4.78 is 14.9. The van der Waals surface area contributed by atoms with Gasteiger partial charge in [-0.25, -0.2) is 14.4 Å². The van der Waals surface area contributed by atoms with Gasteiger partial charge in [-0.1, -0.05) is 12.1 Å². The minimum atomic E-state index is -1.83. The highest BCUT2D eigenvalue weighted by atomic mass is 19.1. The molecule has 12 heteroatoms. The van der Waals surface area contributed by atoms with Crippen molar-refractivity contribution in [3.8, 4) is 11.6 Å². The number of aromatic nitrogens is 5. The maximum atomic E-state index is 13.4. The van der Waals surface area contributed by atoms with Crippen molar-refractivity contribution in [3.05, 3.63) is 65.7 Å². The number of carbonyl (C=O) groups is 1. The summed E-state index contributed by atoms with van der Waals surface area (Å²) in [5, 5.41) is 30.2. The fourth-order valence-electron chi connectivity index (χ4n) is 2.92. The number of nitrogens with one attached hydrogen (secondary N) is 1. The zero-order valence-corrected chi connectivity index (χ0v) is 15.4. The lowest BCUT2D eigenvalue weighted by Crippen LogP contribution is -2.34. The molecule has 0 radical (unpaired) electrons. The van der Waals surface area contributed by atoms with Gasteiger partial charge in [-0.3, -0.25) is 9.20 Å². The molecule has 0 aliphatic carbocycles. The van der Waals surface area contributed by atoms with Crippen molar-refractivity contribution >= 4 is 30.0 Å². The number of nitrogens with two attached hydrogens (primary N) is 1. The molecule has 3 heterocycles. The molecule has 0 aliphatic rings. The number of fused-ring (bicyclic) bond motifs is 1. The van der Waals surface area contributed by atoms with Gasteiger partial charge in [-0.05, 0) is 29.8 Å². The van der Waals surface area contributed by atoms with Gasteiger partial charge in [0, 0.05) is 24.4 Å². The molecular weight excluding hydrogens is 392 g/mol. The van der Waals surface area contributed by atoms with Crippen LogP contribution in [-0.4, -0.2) is 47.6 Å². The third-order valence-electron chi connectivity index (χ3n) is 4.34. The van der Waals surface area contributed by atoms with Gasteiger partial charge >= 0.3 is 7.12 Å². The van der Waals surface area contributed by atoms with E-state index in [1.54, 1.807) is 24.4 Å². The Morgan fingerprint density at radius 2 is 2.07 bits per heavy atom. The molecule has 10 nitrogen and oxygen atoms in total. The Morgan fingerprint density at radius 3 is 2.80 bits per heavy atom. The van der Waals surface area contributed by atoms with Gasteiger partial charge in [0.2, 0.25) is 5.82 Å². The van der Waals surface area contributed by atoms with Crippen molar-refractivity contribution < 1.29 is 19.2 Å². The summed E-state index contributed by atoms with van der Waals surface area (Å²) in [5.41, 5.74) is 6.45. The molecule has 3 aromatic heterocycles. The Kier molecular flexibility index (Phi) is 5.08. The second-order valence-electron chi connectivity index (χ2n) is 6.36. The molecule has 0 bridgehead atoms. The lowest BCUT2D eigenvalue weighted by molar-refractivity contribution is 0.100. The van der Waals surface area contributed by atoms with Crippen LogP contribution in [0.15, 0.2) is 48.8 Å². The molecule has 0 atom stereocenters. The van der Waals surface area contributed by atoms with Crippen LogP contribution in [0.2, 0.25) is 0 Å². The monoisotopic (exact) mass is 407 g/mol. The summed E-state index contributed by atoms with van der Waals surface area (Å²) in [6.07, 6.45) is 2.86. The number of benzene rings is 1. The van der Waals surface area contributed by atoms with E-state index >= 15 is 0 Å². The average molecular weight is 407 g/mol. The van der Waals surface area contributed by atoms with Crippen molar-refractivity contribution in [3.63, 3.8) is 0 Å². The molecule has 4 rings (SSSR count). The number of anilines is 1. The van der Waals surface area contributed by atoms with Crippen LogP contribution >= 0.6 is 0 Å². The summed E-state index contributed by atoms with van der Waals surface area (Å²) in [5.74, 6) is -0.574. The van der Waals surface area contributed by atoms with E-state index in [1.165, 1.54) is 28.8 Å². The minimum Gasteiger partial charge on any atom is -0.423 e. The third kappa shape index (κ3) is 3.68. The smallest absolute Gasteiger partial charge is 0.423 e. The Morgan fingerprint density at radius 1 is 1.23 bits per heavy atom. The van der Waals surface area contributed by atoms with Crippen LogP contribution in [0, 0.1) is 5.82 Å². The van der Waals surface area contributed by atoms with Gasteiger partial charge in [0.1, 0.15) is 11.6 Å². The van der Waals surface area contributed by atoms with Crippen LogP contribution < -0.4 is 16.5 Å². The van der Waals surface area contributed by atoms with E-state index < -0.39 is 13.0 Å². The van der Waals surface area contributed by atoms with Crippen molar-refractivity contribution in [2.24, 2.45) is 5.73 Å². The highest BCUT2D eigenvalue weighted by Gasteiger charge is 2.22. The lowest BCUT2D eigenvalue weighted by Gasteiger charge is -2.12. The maximum Gasteiger partial charge on any atom is 0.493 e. The van der Waals surface area contributed by atoms with Gasteiger partial charge in [0.25, 0.3) is 5.91 Å². The Balaban J connectivity index is 1.73. The Hall–Kier alpha value is -3.90. The van der Waals surface area contributed by atoms with Gasteiger partial charge < -0.3 is 21.1 Å². The van der Waals surface area contributed by atoms with Gasteiger partial charge in [0.05, 0.1) is 5.56 Å². The zero-order valence-electron chi connectivity index (χ0n) is 15.4. The van der Waals surface area contributed by atoms with Gasteiger partial charge in [-0.15, -0.1) is 10.2 Å². The predicted molar refractivity (Wildman–Crippen MR) is 106 cm³/mol. The predicted octanol–water partition coefficient (Wildman–Crippen LogP) is -0.284. The van der Waals surface area contributed by atoms with Crippen LogP contribution in [0.4, 0.5) is 10.2 Å². The van der Waals surface area contributed by atoms with Crippen molar-refractivity contribution in [2.75, 3.05) is 5.32 Å². The molecule has 0 spiro atoms. The molecule has 1 amide bonds. The van der Waals surface area contributed by atoms with E-state index in [-0.39, 0.29) is 46.5 Å². The van der Waals surface area contributed by atoms with Crippen LogP contribution in [0.3, 0.4) is 0 Å². The van der Waals surface area contributed by atoms with Crippen molar-refractivity contribution in [2.45, 2.75) is 6.54 Å². The van der Waals surface area contributed by atoms with E-state index in [0.29, 0.717) is 5.56 Å². The summed E-state index contributed by atoms with van der Waals surface area (Å²) in [6, 6.07) is 9.08. The SMILES string of the molecule is NC(=O)c1cccn2c(-c3ncc(B(O)O)c(NCc4cccc(F)c4)n3)nnc12. The first-order valence-corrected chi connectivity index (χ1v) is 8.79. The second kappa shape index (κ2) is 7.85. The minimum absolute atomic E-state index is 0.0294. The molecule has 1 aromatic carbocycles. The number of carbonyl (C=O) groups excluding carboxylic acids is 1. The van der Waals surface area contributed by atoms with Crippen LogP contribution in [0.5, 0.6) is 0 Å². The highest BCUT2D eigenvalue weighted by molar-refractivity contribution is 6.60. The summed E-state index contributed by atoms with van der Waals surface area (Å²) in [4.78, 5) is 20.0. The molecule has 0 aliphatic heterocycles. The normalized spacial score (nSPS) is 10.9. The zero-order chi connectivity index (χ0) is 21.3. The molecular formula is C18H15BFN7O3. The summed E-state index contributed by atoms with van der Waals surface area (Å²) in [7, 11) is -1.83. The standard InChI is InChI=1S/C18H15BFN7O3/c20-11-4-1-3-10(7-11)8-22-15-13(19(29)30)9-23-16(24-15)18-26-25-17-12(14(21)28)5-2-6-27(17)18/h1-7,9,29-30H,8H2,(H2,21,28)(H,22,23,24). The lowest BCUT2D eigenvalue weighted by atomic mass is 9.81. The van der Waals surface area contributed by atoms with Crippen molar-refractivity contribution in [1.82, 2.24) is 24.6 Å². The van der Waals surface area contributed by atoms with E-state index in [2.05, 4.69) is 25.5 Å². The maximum absolute atomic E-state index is 13.4. The first-order valence-electron chi connectivity index (χ1n) is 8.79. The summed E-state index contributed by atoms with van der Waals surface area (Å²) >= 11 is 0. The first kappa shape index (κ1) is 19.4. The van der Waals surface area contributed by atoms with Crippen LogP contribution in [0.25, 0.3) is 17.3 Å². The van der Waals surface area contributed by atoms with E-state index in [1.807, 2.05) is 0 Å². The number of amides is 1. The number of hydrogen-bond donors (Lipinski definition) is 4. The van der Waals surface area contributed by atoms with E-state index in [0.717, 1.165) is 0 Å². The van der Waals surface area contributed by atoms with Gasteiger partial charge in [-0.2, -0.15) is 0 Å². The molecule has 4 aromatic rings. The molecule has 0 unspecified atom stereocenters. The molecule has 0 saturated heterocycles. The molecule has 5 N–H and O–H groups in total.